The van der Waals surface area contributed by atoms with Crippen molar-refractivity contribution in [2.24, 2.45) is 7.05 Å². The van der Waals surface area contributed by atoms with Gasteiger partial charge < -0.3 is 5.32 Å². The fourth-order valence-electron chi connectivity index (χ4n) is 1.39. The summed E-state index contributed by atoms with van der Waals surface area (Å²) in [7, 11) is 1.81. The molecule has 0 aliphatic rings. The van der Waals surface area contributed by atoms with Gasteiger partial charge in [-0.25, -0.2) is 4.98 Å². The molecule has 7 heteroatoms. The second-order valence-corrected chi connectivity index (χ2v) is 3.62. The van der Waals surface area contributed by atoms with E-state index in [1.165, 1.54) is 12.3 Å². The van der Waals surface area contributed by atoms with E-state index in [9.17, 15) is 10.1 Å². The van der Waals surface area contributed by atoms with E-state index in [1.807, 2.05) is 0 Å². The van der Waals surface area contributed by atoms with Crippen LogP contribution < -0.4 is 5.32 Å². The summed E-state index contributed by atoms with van der Waals surface area (Å²) in [5.74, 6) is 1.21. The highest BCUT2D eigenvalue weighted by Gasteiger charge is 2.10. The minimum absolute atomic E-state index is 0.0194. The SMILES string of the molecule is Cc1cc([N+](=O)[O-])cnc1Nc1ccn(C)n1. The Morgan fingerprint density at radius 2 is 2.29 bits per heavy atom. The zero-order chi connectivity index (χ0) is 12.4. The maximum absolute atomic E-state index is 10.6. The molecular formula is C10H11N5O2. The van der Waals surface area contributed by atoms with E-state index < -0.39 is 4.92 Å². The Labute approximate surface area is 97.2 Å². The number of rotatable bonds is 3. The number of nitro groups is 1. The van der Waals surface area contributed by atoms with Crippen molar-refractivity contribution in [2.45, 2.75) is 6.92 Å². The van der Waals surface area contributed by atoms with Crippen LogP contribution in [0.25, 0.3) is 0 Å². The normalized spacial score (nSPS) is 10.2. The van der Waals surface area contributed by atoms with Crippen LogP contribution in [0.1, 0.15) is 5.56 Å². The highest BCUT2D eigenvalue weighted by Crippen LogP contribution is 2.20. The fourth-order valence-corrected chi connectivity index (χ4v) is 1.39. The van der Waals surface area contributed by atoms with Crippen LogP contribution in [-0.2, 0) is 7.05 Å². The zero-order valence-electron chi connectivity index (χ0n) is 9.41. The largest absolute Gasteiger partial charge is 0.323 e. The fraction of sp³-hybridized carbons (Fsp3) is 0.200. The smallest absolute Gasteiger partial charge is 0.287 e. The molecule has 0 aliphatic heterocycles. The lowest BCUT2D eigenvalue weighted by molar-refractivity contribution is -0.385. The lowest BCUT2D eigenvalue weighted by Crippen LogP contribution is -1.99. The molecule has 2 heterocycles. The third-order valence-electron chi connectivity index (χ3n) is 2.23. The van der Waals surface area contributed by atoms with Crippen molar-refractivity contribution in [3.05, 3.63) is 40.2 Å². The number of anilines is 2. The molecule has 88 valence electrons. The van der Waals surface area contributed by atoms with Gasteiger partial charge in [0.1, 0.15) is 12.0 Å². The predicted octanol–water partition coefficient (Wildman–Crippen LogP) is 1.78. The number of hydrogen-bond acceptors (Lipinski definition) is 5. The van der Waals surface area contributed by atoms with Crippen LogP contribution in [0.2, 0.25) is 0 Å². The Morgan fingerprint density at radius 3 is 2.82 bits per heavy atom. The predicted molar refractivity (Wildman–Crippen MR) is 62.1 cm³/mol. The molecule has 0 aromatic carbocycles. The topological polar surface area (TPSA) is 85.9 Å². The first-order valence-electron chi connectivity index (χ1n) is 4.94. The van der Waals surface area contributed by atoms with E-state index in [1.54, 1.807) is 30.9 Å². The van der Waals surface area contributed by atoms with Gasteiger partial charge in [0.2, 0.25) is 0 Å². The minimum atomic E-state index is -0.468. The van der Waals surface area contributed by atoms with Crippen LogP contribution in [-0.4, -0.2) is 19.7 Å². The van der Waals surface area contributed by atoms with Crippen molar-refractivity contribution in [3.63, 3.8) is 0 Å². The Balaban J connectivity index is 2.25. The molecule has 1 N–H and O–H groups in total. The third kappa shape index (κ3) is 2.39. The first kappa shape index (κ1) is 11.1. The van der Waals surface area contributed by atoms with Crippen molar-refractivity contribution in [1.29, 1.82) is 0 Å². The first-order valence-corrected chi connectivity index (χ1v) is 4.94. The van der Waals surface area contributed by atoms with Crippen molar-refractivity contribution in [1.82, 2.24) is 14.8 Å². The van der Waals surface area contributed by atoms with Crippen LogP contribution in [0.4, 0.5) is 17.3 Å². The van der Waals surface area contributed by atoms with Gasteiger partial charge in [0.15, 0.2) is 5.82 Å². The van der Waals surface area contributed by atoms with Crippen molar-refractivity contribution in [2.75, 3.05) is 5.32 Å². The molecule has 0 saturated heterocycles. The van der Waals surface area contributed by atoms with Gasteiger partial charge in [-0.2, -0.15) is 5.10 Å². The van der Waals surface area contributed by atoms with Crippen LogP contribution in [0, 0.1) is 17.0 Å². The van der Waals surface area contributed by atoms with Crippen LogP contribution in [0.3, 0.4) is 0 Å². The average Bonchev–Trinajstić information content (AvgIpc) is 2.67. The van der Waals surface area contributed by atoms with Gasteiger partial charge >= 0.3 is 0 Å². The number of hydrogen-bond donors (Lipinski definition) is 1. The highest BCUT2D eigenvalue weighted by molar-refractivity contribution is 5.56. The summed E-state index contributed by atoms with van der Waals surface area (Å²) in [6, 6.07) is 3.26. The van der Waals surface area contributed by atoms with Gasteiger partial charge in [-0.1, -0.05) is 0 Å². The Kier molecular flexibility index (Phi) is 2.73. The molecule has 17 heavy (non-hydrogen) atoms. The van der Waals surface area contributed by atoms with E-state index in [0.29, 0.717) is 17.2 Å². The maximum atomic E-state index is 10.6. The monoisotopic (exact) mass is 233 g/mol. The van der Waals surface area contributed by atoms with E-state index in [-0.39, 0.29) is 5.69 Å². The molecule has 0 unspecified atom stereocenters. The first-order chi connectivity index (χ1) is 8.06. The number of nitrogens with one attached hydrogen (secondary N) is 1. The van der Waals surface area contributed by atoms with Crippen molar-refractivity contribution >= 4 is 17.3 Å². The summed E-state index contributed by atoms with van der Waals surface area (Å²) in [4.78, 5) is 14.1. The summed E-state index contributed by atoms with van der Waals surface area (Å²) in [6.07, 6.45) is 3.02. The van der Waals surface area contributed by atoms with Crippen molar-refractivity contribution in [3.8, 4) is 0 Å². The van der Waals surface area contributed by atoms with Gasteiger partial charge in [0.05, 0.1) is 4.92 Å². The molecule has 0 spiro atoms. The Morgan fingerprint density at radius 1 is 1.53 bits per heavy atom. The van der Waals surface area contributed by atoms with E-state index in [4.69, 9.17) is 0 Å². The average molecular weight is 233 g/mol. The van der Waals surface area contributed by atoms with Gasteiger partial charge in [-0.3, -0.25) is 14.8 Å². The number of aromatic nitrogens is 3. The zero-order valence-corrected chi connectivity index (χ0v) is 9.41. The van der Waals surface area contributed by atoms with Gasteiger partial charge in [-0.15, -0.1) is 0 Å². The highest BCUT2D eigenvalue weighted by atomic mass is 16.6. The van der Waals surface area contributed by atoms with Gasteiger partial charge in [0.25, 0.3) is 5.69 Å². The van der Waals surface area contributed by atoms with E-state index in [2.05, 4.69) is 15.4 Å². The molecule has 0 aliphatic carbocycles. The van der Waals surface area contributed by atoms with Crippen LogP contribution in [0.15, 0.2) is 24.5 Å². The standard InChI is InChI=1S/C10H11N5O2/c1-7-5-8(15(16)17)6-11-10(7)12-9-3-4-14(2)13-9/h3-6H,1-2H3,(H,11,12,13). The van der Waals surface area contributed by atoms with Crippen molar-refractivity contribution < 1.29 is 4.92 Å². The van der Waals surface area contributed by atoms with E-state index in [0.717, 1.165) is 0 Å². The Hall–Kier alpha value is -2.44. The lowest BCUT2D eigenvalue weighted by atomic mass is 10.2. The summed E-state index contributed by atoms with van der Waals surface area (Å²) >= 11 is 0. The maximum Gasteiger partial charge on any atom is 0.287 e. The second kappa shape index (κ2) is 4.20. The quantitative estimate of drug-likeness (QED) is 0.645. The molecule has 2 aromatic heterocycles. The van der Waals surface area contributed by atoms with Crippen LogP contribution >= 0.6 is 0 Å². The summed E-state index contributed by atoms with van der Waals surface area (Å²) in [5, 5.41) is 17.7. The third-order valence-corrected chi connectivity index (χ3v) is 2.23. The van der Waals surface area contributed by atoms with Gasteiger partial charge in [0, 0.05) is 25.4 Å². The summed E-state index contributed by atoms with van der Waals surface area (Å²) in [5.41, 5.74) is 0.680. The molecule has 2 rings (SSSR count). The minimum Gasteiger partial charge on any atom is -0.323 e. The van der Waals surface area contributed by atoms with Gasteiger partial charge in [-0.05, 0) is 12.5 Å². The Bertz CT molecular complexity index is 564. The van der Waals surface area contributed by atoms with E-state index >= 15 is 0 Å². The molecule has 0 saturated carbocycles. The summed E-state index contributed by atoms with van der Waals surface area (Å²) < 4.78 is 1.66. The molecule has 0 amide bonds. The molecule has 2 aromatic rings. The summed E-state index contributed by atoms with van der Waals surface area (Å²) in [6.45, 7) is 1.76. The molecule has 0 radical (unpaired) electrons. The molecule has 0 bridgehead atoms. The number of aryl methyl sites for hydroxylation is 2. The number of nitrogens with zero attached hydrogens (tertiary/aromatic N) is 4. The molecular weight excluding hydrogens is 222 g/mol. The molecule has 0 atom stereocenters. The lowest BCUT2D eigenvalue weighted by Gasteiger charge is -2.04. The number of pyridine rings is 1. The van der Waals surface area contributed by atoms with Crippen LogP contribution in [0.5, 0.6) is 0 Å². The molecule has 7 nitrogen and oxygen atoms in total. The molecule has 0 fully saturated rings. The second-order valence-electron chi connectivity index (χ2n) is 3.62.